The number of anilines is 1. The third-order valence-electron chi connectivity index (χ3n) is 9.95. The van der Waals surface area contributed by atoms with E-state index < -0.39 is 6.09 Å². The number of nitrogens with zero attached hydrogens (tertiary/aromatic N) is 4. The van der Waals surface area contributed by atoms with Crippen LogP contribution >= 0.6 is 11.6 Å². The van der Waals surface area contributed by atoms with Crippen LogP contribution in [0.5, 0.6) is 0 Å². The molecule has 1 unspecified atom stereocenters. The summed E-state index contributed by atoms with van der Waals surface area (Å²) in [7, 11) is 0. The second-order valence-corrected chi connectivity index (χ2v) is 13.5. The number of allylic oxidation sites excluding steroid dienone is 1. The first-order valence-electron chi connectivity index (χ1n) is 15.7. The summed E-state index contributed by atoms with van der Waals surface area (Å²) in [6, 6.07) is 16.6. The van der Waals surface area contributed by atoms with Gasteiger partial charge in [-0.15, -0.1) is 0 Å². The minimum absolute atomic E-state index is 0.145. The van der Waals surface area contributed by atoms with Crippen molar-refractivity contribution in [2.24, 2.45) is 5.41 Å². The van der Waals surface area contributed by atoms with Gasteiger partial charge in [0.25, 0.3) is 0 Å². The van der Waals surface area contributed by atoms with E-state index in [1.807, 2.05) is 43.3 Å². The molecule has 3 atom stereocenters. The molecule has 0 radical (unpaired) electrons. The average Bonchev–Trinajstić information content (AvgIpc) is 3.59. The van der Waals surface area contributed by atoms with Gasteiger partial charge in [-0.1, -0.05) is 36.2 Å². The molecule has 3 fully saturated rings. The molecule has 0 saturated carbocycles. The van der Waals surface area contributed by atoms with Gasteiger partial charge in [0, 0.05) is 75.2 Å². The number of ether oxygens (including phenoxy) is 1. The van der Waals surface area contributed by atoms with Gasteiger partial charge in [0.05, 0.1) is 12.2 Å². The highest BCUT2D eigenvalue weighted by Gasteiger charge is 2.47. The topological polar surface area (TPSA) is 76.6 Å². The highest BCUT2D eigenvalue weighted by atomic mass is 35.5. The number of likely N-dealkylation sites (tertiary alicyclic amines) is 2. The van der Waals surface area contributed by atoms with E-state index in [9.17, 15) is 14.7 Å². The van der Waals surface area contributed by atoms with Crippen LogP contribution in [0.2, 0.25) is 5.02 Å². The predicted octanol–water partition coefficient (Wildman–Crippen LogP) is 5.72. The van der Waals surface area contributed by atoms with Gasteiger partial charge in [0.15, 0.2) is 0 Å². The molecule has 0 spiro atoms. The largest absolute Gasteiger partial charge is 0.465 e. The van der Waals surface area contributed by atoms with Crippen molar-refractivity contribution in [1.82, 2.24) is 14.7 Å². The fraction of sp³-hybridized carbons (Fsp3) is 0.529. The summed E-state index contributed by atoms with van der Waals surface area (Å²) < 4.78 is 5.13. The Kier molecular flexibility index (Phi) is 8.72. The van der Waals surface area contributed by atoms with Crippen molar-refractivity contribution in [3.05, 3.63) is 70.3 Å². The number of amides is 1. The van der Waals surface area contributed by atoms with Crippen molar-refractivity contribution in [2.45, 2.75) is 51.6 Å². The van der Waals surface area contributed by atoms with Crippen LogP contribution in [-0.4, -0.2) is 103 Å². The maximum atomic E-state index is 12.0. The summed E-state index contributed by atoms with van der Waals surface area (Å²) in [5, 5.41) is 10.3. The molecule has 230 valence electrons. The standard InChI is InChI=1S/C34H43ClN4O4/c1-3-43-32(40)25-6-10-28(11-7-25)37-16-14-36(15-17-37)20-26-19-34(2,13-12-31(26)24-4-8-27(35)9-5-24)23-38-21-30-18-29(38)22-39(30)33(41)42/h4-11,29-30H,3,12-23H2,1-2H3,(H,41,42)/t29-,30-,34?/m1/s1. The number of hydrogen-bond acceptors (Lipinski definition) is 6. The Morgan fingerprint density at radius 3 is 2.35 bits per heavy atom. The van der Waals surface area contributed by atoms with E-state index >= 15 is 0 Å². The van der Waals surface area contributed by atoms with Gasteiger partial charge in [-0.3, -0.25) is 9.80 Å². The number of carbonyl (C=O) groups excluding carboxylic acids is 1. The molecule has 43 heavy (non-hydrogen) atoms. The predicted molar refractivity (Wildman–Crippen MR) is 170 cm³/mol. The van der Waals surface area contributed by atoms with E-state index in [-0.39, 0.29) is 17.4 Å². The number of rotatable bonds is 8. The molecule has 8 nitrogen and oxygen atoms in total. The lowest BCUT2D eigenvalue weighted by molar-refractivity contribution is 0.0526. The average molecular weight is 607 g/mol. The SMILES string of the molecule is CCOC(=O)c1ccc(N2CCN(CC3=C(c4ccc(Cl)cc4)CCC(C)(CN4C[C@H]5C[C@@H]4CN5C(=O)O)C3)CC2)cc1. The Hall–Kier alpha value is -3.07. The third-order valence-corrected chi connectivity index (χ3v) is 10.2. The molecule has 9 heteroatoms. The van der Waals surface area contributed by atoms with E-state index in [1.165, 1.54) is 16.7 Å². The van der Waals surface area contributed by atoms with Crippen molar-refractivity contribution in [2.75, 3.05) is 63.9 Å². The van der Waals surface area contributed by atoms with Crippen LogP contribution in [0.25, 0.3) is 5.57 Å². The minimum Gasteiger partial charge on any atom is -0.465 e. The van der Waals surface area contributed by atoms with Crippen molar-refractivity contribution in [1.29, 1.82) is 0 Å². The quantitative estimate of drug-likeness (QED) is 0.385. The van der Waals surface area contributed by atoms with Crippen LogP contribution in [-0.2, 0) is 4.74 Å². The Labute approximate surface area is 259 Å². The van der Waals surface area contributed by atoms with Crippen molar-refractivity contribution in [3.8, 4) is 0 Å². The molecule has 1 amide bonds. The Balaban J connectivity index is 1.13. The van der Waals surface area contributed by atoms with E-state index in [0.29, 0.717) is 24.8 Å². The molecule has 2 aromatic carbocycles. The lowest BCUT2D eigenvalue weighted by atomic mass is 9.71. The maximum absolute atomic E-state index is 12.0. The van der Waals surface area contributed by atoms with E-state index in [2.05, 4.69) is 33.8 Å². The van der Waals surface area contributed by atoms with E-state index in [4.69, 9.17) is 16.3 Å². The first-order valence-corrected chi connectivity index (χ1v) is 16.0. The molecule has 0 aromatic heterocycles. The number of benzene rings is 2. The molecule has 3 aliphatic heterocycles. The summed E-state index contributed by atoms with van der Waals surface area (Å²) in [6.45, 7) is 12.0. The molecule has 3 saturated heterocycles. The Morgan fingerprint density at radius 2 is 1.72 bits per heavy atom. The Morgan fingerprint density at radius 1 is 1.00 bits per heavy atom. The van der Waals surface area contributed by atoms with Gasteiger partial charge in [-0.25, -0.2) is 9.59 Å². The van der Waals surface area contributed by atoms with Gasteiger partial charge in [-0.05, 0) is 85.6 Å². The van der Waals surface area contributed by atoms with Crippen molar-refractivity contribution in [3.63, 3.8) is 0 Å². The molecule has 1 N–H and O–H groups in total. The molecule has 6 rings (SSSR count). The second kappa shape index (κ2) is 12.5. The number of esters is 1. The number of fused-ring (bicyclic) bond motifs is 2. The zero-order valence-electron chi connectivity index (χ0n) is 25.3. The fourth-order valence-electron chi connectivity index (χ4n) is 7.72. The minimum atomic E-state index is -0.775. The van der Waals surface area contributed by atoms with Crippen molar-refractivity contribution >= 4 is 34.9 Å². The number of hydrogen-bond donors (Lipinski definition) is 1. The summed E-state index contributed by atoms with van der Waals surface area (Å²) in [6.07, 6.45) is 3.42. The third kappa shape index (κ3) is 6.56. The maximum Gasteiger partial charge on any atom is 0.407 e. The summed E-state index contributed by atoms with van der Waals surface area (Å²) in [5.41, 5.74) is 6.16. The lowest BCUT2D eigenvalue weighted by Crippen LogP contribution is -2.51. The zero-order chi connectivity index (χ0) is 30.1. The van der Waals surface area contributed by atoms with Crippen LogP contribution in [0, 0.1) is 5.41 Å². The molecular formula is C34H43ClN4O4. The summed E-state index contributed by atoms with van der Waals surface area (Å²) in [4.78, 5) is 32.8. The van der Waals surface area contributed by atoms with Crippen LogP contribution in [0.15, 0.2) is 54.1 Å². The van der Waals surface area contributed by atoms with Gasteiger partial charge in [-0.2, -0.15) is 0 Å². The summed E-state index contributed by atoms with van der Waals surface area (Å²) in [5.74, 6) is -0.275. The smallest absolute Gasteiger partial charge is 0.407 e. The van der Waals surface area contributed by atoms with Crippen LogP contribution in [0.3, 0.4) is 0 Å². The first-order chi connectivity index (χ1) is 20.7. The summed E-state index contributed by atoms with van der Waals surface area (Å²) >= 11 is 6.25. The van der Waals surface area contributed by atoms with Crippen LogP contribution < -0.4 is 4.90 Å². The van der Waals surface area contributed by atoms with Gasteiger partial charge in [0.1, 0.15) is 0 Å². The Bertz CT molecular complexity index is 1360. The normalized spacial score (nSPS) is 26.3. The molecule has 2 bridgehead atoms. The molecule has 1 aliphatic carbocycles. The molecule has 4 aliphatic rings. The van der Waals surface area contributed by atoms with E-state index in [1.54, 1.807) is 4.90 Å². The second-order valence-electron chi connectivity index (χ2n) is 13.0. The first kappa shape index (κ1) is 30.0. The molecular weight excluding hydrogens is 564 g/mol. The number of piperazine rings is 2. The molecule has 2 aromatic rings. The van der Waals surface area contributed by atoms with Crippen LogP contribution in [0.4, 0.5) is 10.5 Å². The number of halogens is 1. The van der Waals surface area contributed by atoms with E-state index in [0.717, 1.165) is 82.2 Å². The highest BCUT2D eigenvalue weighted by molar-refractivity contribution is 6.30. The lowest BCUT2D eigenvalue weighted by Gasteiger charge is -2.44. The van der Waals surface area contributed by atoms with Gasteiger partial charge in [0.2, 0.25) is 0 Å². The van der Waals surface area contributed by atoms with Gasteiger partial charge >= 0.3 is 12.1 Å². The molecule has 3 heterocycles. The zero-order valence-corrected chi connectivity index (χ0v) is 26.1. The monoisotopic (exact) mass is 606 g/mol. The number of carbonyl (C=O) groups is 2. The highest BCUT2D eigenvalue weighted by Crippen LogP contribution is 2.45. The van der Waals surface area contributed by atoms with Gasteiger partial charge < -0.3 is 19.6 Å². The van der Waals surface area contributed by atoms with Crippen molar-refractivity contribution < 1.29 is 19.4 Å². The number of carboxylic acid groups (broad SMARTS) is 1. The fourth-order valence-corrected chi connectivity index (χ4v) is 7.85. The van der Waals surface area contributed by atoms with Crippen LogP contribution in [0.1, 0.15) is 55.5 Å².